The molecule has 1 saturated carbocycles. The van der Waals surface area contributed by atoms with Crippen molar-refractivity contribution in [3.8, 4) is 0 Å². The Bertz CT molecular complexity index is 357. The number of esters is 1. The van der Waals surface area contributed by atoms with Crippen LogP contribution in [0.1, 0.15) is 46.5 Å². The first kappa shape index (κ1) is 14.9. The molecular formula is C15H24O3. The molecule has 1 rings (SSSR count). The second-order valence-electron chi connectivity index (χ2n) is 6.27. The Hall–Kier alpha value is -1.12. The van der Waals surface area contributed by atoms with Gasteiger partial charge in [-0.1, -0.05) is 26.8 Å². The number of Topliss-reactive ketones (excluding diaryl/α,β-unsaturated/α-hetero) is 1. The van der Waals surface area contributed by atoms with Gasteiger partial charge in [-0.2, -0.15) is 0 Å². The van der Waals surface area contributed by atoms with Gasteiger partial charge < -0.3 is 4.74 Å². The van der Waals surface area contributed by atoms with Crippen molar-refractivity contribution < 1.29 is 14.3 Å². The number of methoxy groups -OCH3 is 1. The Kier molecular flexibility index (Phi) is 4.36. The Morgan fingerprint density at radius 3 is 2.56 bits per heavy atom. The van der Waals surface area contributed by atoms with Crippen molar-refractivity contribution in [1.29, 1.82) is 0 Å². The van der Waals surface area contributed by atoms with Crippen molar-refractivity contribution in [2.24, 2.45) is 16.7 Å². The summed E-state index contributed by atoms with van der Waals surface area (Å²) in [6.07, 6.45) is 4.15. The highest BCUT2D eigenvalue weighted by Gasteiger charge is 2.52. The van der Waals surface area contributed by atoms with E-state index in [1.807, 2.05) is 6.92 Å². The number of carbonyl (C=O) groups is 2. The van der Waals surface area contributed by atoms with Crippen LogP contribution in [0.5, 0.6) is 0 Å². The van der Waals surface area contributed by atoms with Crippen LogP contribution in [0, 0.1) is 16.7 Å². The maximum Gasteiger partial charge on any atom is 0.305 e. The van der Waals surface area contributed by atoms with E-state index in [1.54, 1.807) is 6.08 Å². The van der Waals surface area contributed by atoms with Gasteiger partial charge in [-0.3, -0.25) is 9.59 Å². The molecular weight excluding hydrogens is 228 g/mol. The first-order chi connectivity index (χ1) is 8.27. The number of carbonyl (C=O) groups excluding carboxylic acids is 2. The summed E-state index contributed by atoms with van der Waals surface area (Å²) in [5.41, 5.74) is -0.413. The molecule has 0 heterocycles. The third-order valence-electron chi connectivity index (χ3n) is 4.14. The first-order valence-corrected chi connectivity index (χ1v) is 6.48. The van der Waals surface area contributed by atoms with Crippen LogP contribution < -0.4 is 0 Å². The number of hydrogen-bond donors (Lipinski definition) is 0. The van der Waals surface area contributed by atoms with E-state index in [4.69, 9.17) is 4.74 Å². The van der Waals surface area contributed by atoms with E-state index in [9.17, 15) is 9.59 Å². The largest absolute Gasteiger partial charge is 0.469 e. The average Bonchev–Trinajstić information content (AvgIpc) is 2.49. The summed E-state index contributed by atoms with van der Waals surface area (Å²) in [6, 6.07) is 0. The molecule has 0 aromatic heterocycles. The molecule has 1 aliphatic carbocycles. The van der Waals surface area contributed by atoms with E-state index in [0.717, 1.165) is 6.42 Å². The molecule has 0 aromatic carbocycles. The molecule has 0 radical (unpaired) electrons. The quantitative estimate of drug-likeness (QED) is 0.557. The molecule has 3 nitrogen and oxygen atoms in total. The van der Waals surface area contributed by atoms with Crippen LogP contribution in [-0.4, -0.2) is 18.9 Å². The highest BCUT2D eigenvalue weighted by Crippen LogP contribution is 2.53. The van der Waals surface area contributed by atoms with Gasteiger partial charge in [0.25, 0.3) is 0 Å². The Morgan fingerprint density at radius 1 is 1.56 bits per heavy atom. The molecule has 1 aliphatic rings. The lowest BCUT2D eigenvalue weighted by Crippen LogP contribution is -2.34. The highest BCUT2D eigenvalue weighted by molar-refractivity contribution is 5.89. The lowest BCUT2D eigenvalue weighted by atomic mass is 9.68. The average molecular weight is 252 g/mol. The van der Waals surface area contributed by atoms with Crippen molar-refractivity contribution in [3.63, 3.8) is 0 Å². The third-order valence-corrected chi connectivity index (χ3v) is 4.14. The van der Waals surface area contributed by atoms with Gasteiger partial charge >= 0.3 is 5.97 Å². The SMILES string of the molecule is C=CC[C@]1([C@@H](C)CC(=O)OC)CC(C)(C)CC1=O. The normalized spacial score (nSPS) is 27.9. The fourth-order valence-electron chi connectivity index (χ4n) is 3.25. The van der Waals surface area contributed by atoms with E-state index in [1.165, 1.54) is 7.11 Å². The molecule has 0 bridgehead atoms. The van der Waals surface area contributed by atoms with Gasteiger partial charge in [-0.15, -0.1) is 6.58 Å². The van der Waals surface area contributed by atoms with Gasteiger partial charge in [0, 0.05) is 18.3 Å². The summed E-state index contributed by atoms with van der Waals surface area (Å²) in [4.78, 5) is 23.8. The number of allylic oxidation sites excluding steroid dienone is 1. The summed E-state index contributed by atoms with van der Waals surface area (Å²) in [5.74, 6) is 0.0180. The van der Waals surface area contributed by atoms with Gasteiger partial charge in [-0.05, 0) is 24.2 Å². The van der Waals surface area contributed by atoms with Crippen LogP contribution in [0.25, 0.3) is 0 Å². The van der Waals surface area contributed by atoms with Crippen LogP contribution >= 0.6 is 0 Å². The van der Waals surface area contributed by atoms with Gasteiger partial charge in [0.2, 0.25) is 0 Å². The van der Waals surface area contributed by atoms with E-state index in [2.05, 4.69) is 20.4 Å². The monoisotopic (exact) mass is 252 g/mol. The molecule has 0 aliphatic heterocycles. The maximum absolute atomic E-state index is 12.4. The van der Waals surface area contributed by atoms with Gasteiger partial charge in [-0.25, -0.2) is 0 Å². The summed E-state index contributed by atoms with van der Waals surface area (Å²) < 4.78 is 4.71. The molecule has 102 valence electrons. The molecule has 0 spiro atoms. The minimum atomic E-state index is -0.431. The van der Waals surface area contributed by atoms with E-state index in [-0.39, 0.29) is 23.1 Å². The summed E-state index contributed by atoms with van der Waals surface area (Å²) in [5, 5.41) is 0. The van der Waals surface area contributed by atoms with Crippen molar-refractivity contribution in [3.05, 3.63) is 12.7 Å². The Balaban J connectivity index is 2.97. The number of ketones is 1. The zero-order valence-electron chi connectivity index (χ0n) is 11.9. The van der Waals surface area contributed by atoms with E-state index >= 15 is 0 Å². The van der Waals surface area contributed by atoms with E-state index < -0.39 is 5.41 Å². The van der Waals surface area contributed by atoms with Gasteiger partial charge in [0.1, 0.15) is 5.78 Å². The minimum Gasteiger partial charge on any atom is -0.469 e. The molecule has 0 N–H and O–H groups in total. The summed E-state index contributed by atoms with van der Waals surface area (Å²) >= 11 is 0. The highest BCUT2D eigenvalue weighted by atomic mass is 16.5. The number of ether oxygens (including phenoxy) is 1. The molecule has 0 saturated heterocycles. The molecule has 0 aromatic rings. The molecule has 1 fully saturated rings. The van der Waals surface area contributed by atoms with E-state index in [0.29, 0.717) is 19.3 Å². The lowest BCUT2D eigenvalue weighted by molar-refractivity contribution is -0.143. The zero-order valence-corrected chi connectivity index (χ0v) is 11.9. The summed E-state index contributed by atoms with van der Waals surface area (Å²) in [7, 11) is 1.38. The molecule has 3 heteroatoms. The van der Waals surface area contributed by atoms with Crippen LogP contribution in [0.4, 0.5) is 0 Å². The first-order valence-electron chi connectivity index (χ1n) is 6.48. The molecule has 2 atom stereocenters. The zero-order chi connectivity index (χ0) is 14.0. The Labute approximate surface area is 110 Å². The van der Waals surface area contributed by atoms with Crippen LogP contribution in [0.15, 0.2) is 12.7 Å². The second kappa shape index (κ2) is 5.25. The third kappa shape index (κ3) is 2.82. The van der Waals surface area contributed by atoms with Crippen LogP contribution in [0.2, 0.25) is 0 Å². The predicted molar refractivity (Wildman–Crippen MR) is 71.1 cm³/mol. The smallest absolute Gasteiger partial charge is 0.305 e. The van der Waals surface area contributed by atoms with Crippen molar-refractivity contribution in [1.82, 2.24) is 0 Å². The standard InChI is InChI=1S/C15H24O3/c1-6-7-15(11(2)8-13(17)18-5)10-14(3,4)9-12(15)16/h6,11H,1,7-10H2,2-5H3/t11-,15+/m0/s1. The van der Waals surface area contributed by atoms with Crippen molar-refractivity contribution >= 4 is 11.8 Å². The number of rotatable bonds is 5. The van der Waals surface area contributed by atoms with Crippen molar-refractivity contribution in [2.45, 2.75) is 46.5 Å². The molecule has 0 amide bonds. The minimum absolute atomic E-state index is 0.00257. The topological polar surface area (TPSA) is 43.4 Å². The van der Waals surface area contributed by atoms with Crippen molar-refractivity contribution in [2.75, 3.05) is 7.11 Å². The van der Waals surface area contributed by atoms with Crippen LogP contribution in [0.3, 0.4) is 0 Å². The fourth-order valence-corrected chi connectivity index (χ4v) is 3.25. The predicted octanol–water partition coefficient (Wildman–Crippen LogP) is 3.14. The molecule has 18 heavy (non-hydrogen) atoms. The maximum atomic E-state index is 12.4. The molecule has 0 unspecified atom stereocenters. The summed E-state index contributed by atoms with van der Waals surface area (Å²) in [6.45, 7) is 9.96. The van der Waals surface area contributed by atoms with Gasteiger partial charge in [0.15, 0.2) is 0 Å². The fraction of sp³-hybridized carbons (Fsp3) is 0.733. The van der Waals surface area contributed by atoms with Crippen LogP contribution in [-0.2, 0) is 14.3 Å². The second-order valence-corrected chi connectivity index (χ2v) is 6.27. The lowest BCUT2D eigenvalue weighted by Gasteiger charge is -2.34. The number of hydrogen-bond acceptors (Lipinski definition) is 3. The Morgan fingerprint density at radius 2 is 2.17 bits per heavy atom. The van der Waals surface area contributed by atoms with Gasteiger partial charge in [0.05, 0.1) is 7.11 Å².